The van der Waals surface area contributed by atoms with Crippen LogP contribution in [0.4, 0.5) is 5.95 Å². The Kier molecular flexibility index (Phi) is 4.79. The van der Waals surface area contributed by atoms with E-state index in [0.29, 0.717) is 22.1 Å². The van der Waals surface area contributed by atoms with E-state index in [1.165, 1.54) is 16.4 Å². The molecule has 0 radical (unpaired) electrons. The first-order valence-electron chi connectivity index (χ1n) is 7.41. The lowest BCUT2D eigenvalue weighted by Crippen LogP contribution is -2.24. The zero-order valence-corrected chi connectivity index (χ0v) is 15.5. The van der Waals surface area contributed by atoms with Crippen molar-refractivity contribution in [1.29, 1.82) is 0 Å². The van der Waals surface area contributed by atoms with E-state index in [2.05, 4.69) is 25.1 Å². The lowest BCUT2D eigenvalue weighted by Gasteiger charge is -2.16. The van der Waals surface area contributed by atoms with Crippen molar-refractivity contribution in [3.8, 4) is 0 Å². The molecule has 0 fully saturated rings. The van der Waals surface area contributed by atoms with E-state index >= 15 is 0 Å². The van der Waals surface area contributed by atoms with Crippen molar-refractivity contribution in [2.24, 2.45) is 0 Å². The molecule has 0 spiro atoms. The predicted molar refractivity (Wildman–Crippen MR) is 91.2 cm³/mol. The van der Waals surface area contributed by atoms with Gasteiger partial charge in [-0.3, -0.25) is 0 Å². The zero-order valence-electron chi connectivity index (χ0n) is 14.7. The smallest absolute Gasteiger partial charge is 0.229 e. The van der Waals surface area contributed by atoms with Crippen molar-refractivity contribution in [3.05, 3.63) is 11.6 Å². The Labute approximate surface area is 140 Å². The maximum atomic E-state index is 6.12. The van der Waals surface area contributed by atoms with Crippen LogP contribution in [0.2, 0.25) is 0 Å². The van der Waals surface area contributed by atoms with Gasteiger partial charge in [-0.1, -0.05) is 34.6 Å². The molecule has 0 saturated heterocycles. The van der Waals surface area contributed by atoms with Crippen LogP contribution in [-0.4, -0.2) is 43.9 Å². The number of hydrogen-bond donors (Lipinski definition) is 1. The molecule has 0 aliphatic heterocycles. The van der Waals surface area contributed by atoms with Crippen LogP contribution in [0.1, 0.15) is 52.2 Å². The minimum Gasteiger partial charge on any atom is -0.347 e. The Morgan fingerprint density at radius 2 is 1.74 bits per heavy atom. The minimum absolute atomic E-state index is 0.183. The van der Waals surface area contributed by atoms with Gasteiger partial charge in [-0.2, -0.15) is 9.97 Å². The van der Waals surface area contributed by atoms with Crippen molar-refractivity contribution in [3.63, 3.8) is 0 Å². The zero-order chi connectivity index (χ0) is 17.4. The first kappa shape index (κ1) is 17.5. The molecule has 8 nitrogen and oxygen atoms in total. The Hall–Kier alpha value is -1.90. The van der Waals surface area contributed by atoms with E-state index < -0.39 is 0 Å². The third-order valence-corrected chi connectivity index (χ3v) is 3.88. The number of anilines is 1. The van der Waals surface area contributed by atoms with Gasteiger partial charge in [-0.15, -0.1) is 10.2 Å². The highest BCUT2D eigenvalue weighted by Crippen LogP contribution is 2.27. The topological polar surface area (TPSA) is 98.6 Å². The van der Waals surface area contributed by atoms with Crippen LogP contribution in [0, 0.1) is 0 Å². The van der Waals surface area contributed by atoms with Crippen molar-refractivity contribution in [2.75, 3.05) is 24.8 Å². The number of hydrogen-bond acceptors (Lipinski definition) is 8. The normalized spacial score (nSPS) is 12.0. The molecule has 2 aromatic rings. The third kappa shape index (κ3) is 3.90. The molecular weight excluding hydrogens is 312 g/mol. The maximum absolute atomic E-state index is 6.12. The molecule has 2 heterocycles. The van der Waals surface area contributed by atoms with Gasteiger partial charge >= 0.3 is 0 Å². The lowest BCUT2D eigenvalue weighted by molar-refractivity contribution is 0.523. The summed E-state index contributed by atoms with van der Waals surface area (Å²) in [5, 5.41) is 9.47. The van der Waals surface area contributed by atoms with Gasteiger partial charge in [0, 0.05) is 25.4 Å². The molecule has 2 aromatic heterocycles. The van der Waals surface area contributed by atoms with E-state index in [1.54, 1.807) is 0 Å². The van der Waals surface area contributed by atoms with Crippen molar-refractivity contribution >= 4 is 17.7 Å². The Balaban J connectivity index is 2.39. The largest absolute Gasteiger partial charge is 0.347 e. The fraction of sp³-hybridized carbons (Fsp3) is 0.643. The second-order valence-corrected chi connectivity index (χ2v) is 7.79. The molecule has 0 bridgehead atoms. The quantitative estimate of drug-likeness (QED) is 0.844. The minimum atomic E-state index is -0.183. The average molecular weight is 336 g/mol. The molecule has 126 valence electrons. The summed E-state index contributed by atoms with van der Waals surface area (Å²) in [5.41, 5.74) is -0.183. The Morgan fingerprint density at radius 3 is 2.22 bits per heavy atom. The molecule has 0 saturated carbocycles. The first-order chi connectivity index (χ1) is 10.6. The van der Waals surface area contributed by atoms with E-state index in [9.17, 15) is 0 Å². The summed E-state index contributed by atoms with van der Waals surface area (Å²) < 4.78 is 1.50. The lowest BCUT2D eigenvalue weighted by atomic mass is 9.96. The molecule has 0 aliphatic rings. The van der Waals surface area contributed by atoms with Gasteiger partial charge in [0.2, 0.25) is 16.3 Å². The second kappa shape index (κ2) is 6.31. The summed E-state index contributed by atoms with van der Waals surface area (Å²) in [4.78, 5) is 15.3. The molecule has 0 amide bonds. The van der Waals surface area contributed by atoms with Gasteiger partial charge in [0.05, 0.1) is 0 Å². The highest BCUT2D eigenvalue weighted by atomic mass is 32.2. The molecule has 0 aromatic carbocycles. The number of nitrogens with two attached hydrogens (primary N) is 1. The third-order valence-electron chi connectivity index (χ3n) is 3.05. The van der Waals surface area contributed by atoms with E-state index in [1.807, 2.05) is 53.6 Å². The maximum Gasteiger partial charge on any atom is 0.229 e. The highest BCUT2D eigenvalue weighted by Gasteiger charge is 2.24. The van der Waals surface area contributed by atoms with Gasteiger partial charge in [0.15, 0.2) is 5.82 Å². The van der Waals surface area contributed by atoms with Crippen LogP contribution in [0.25, 0.3) is 0 Å². The Morgan fingerprint density at radius 1 is 1.09 bits per heavy atom. The van der Waals surface area contributed by atoms with Gasteiger partial charge in [-0.05, 0) is 11.8 Å². The number of aromatic nitrogens is 6. The van der Waals surface area contributed by atoms with E-state index in [4.69, 9.17) is 5.84 Å². The van der Waals surface area contributed by atoms with Gasteiger partial charge in [0.25, 0.3) is 0 Å². The van der Waals surface area contributed by atoms with Crippen LogP contribution in [-0.2, 0) is 5.41 Å². The molecule has 0 aliphatic carbocycles. The first-order valence-corrected chi connectivity index (χ1v) is 8.23. The molecular formula is C14H24N8S. The summed E-state index contributed by atoms with van der Waals surface area (Å²) in [5.74, 6) is 8.40. The van der Waals surface area contributed by atoms with Gasteiger partial charge < -0.3 is 10.7 Å². The summed E-state index contributed by atoms with van der Waals surface area (Å²) in [7, 11) is 3.80. The summed E-state index contributed by atoms with van der Waals surface area (Å²) in [6, 6.07) is 0. The van der Waals surface area contributed by atoms with Crippen molar-refractivity contribution in [2.45, 2.75) is 56.3 Å². The summed E-state index contributed by atoms with van der Waals surface area (Å²) >= 11 is 1.29. The molecule has 0 unspecified atom stereocenters. The van der Waals surface area contributed by atoms with Crippen molar-refractivity contribution < 1.29 is 0 Å². The van der Waals surface area contributed by atoms with Gasteiger partial charge in [-0.25, -0.2) is 9.66 Å². The molecule has 2 rings (SSSR count). The van der Waals surface area contributed by atoms with E-state index in [0.717, 1.165) is 5.82 Å². The van der Waals surface area contributed by atoms with Crippen LogP contribution in [0.5, 0.6) is 0 Å². The van der Waals surface area contributed by atoms with Crippen LogP contribution >= 0.6 is 11.8 Å². The summed E-state index contributed by atoms with van der Waals surface area (Å²) in [6.45, 7) is 10.2. The molecule has 9 heteroatoms. The predicted octanol–water partition coefficient (Wildman–Crippen LogP) is 1.81. The standard InChI is InChI=1S/C14H24N8S/c1-8(2)9-16-11(21(6)7)18-12(17-9)23-13-20-19-10(22(13)15)14(3,4)5/h8H,15H2,1-7H3. The monoisotopic (exact) mass is 336 g/mol. The molecule has 2 N–H and O–H groups in total. The number of nitrogens with zero attached hydrogens (tertiary/aromatic N) is 7. The Bertz CT molecular complexity index is 660. The average Bonchev–Trinajstić information content (AvgIpc) is 2.79. The fourth-order valence-corrected chi connectivity index (χ4v) is 2.50. The van der Waals surface area contributed by atoms with Gasteiger partial charge in [0.1, 0.15) is 5.82 Å². The summed E-state index contributed by atoms with van der Waals surface area (Å²) in [6.07, 6.45) is 0. The van der Waals surface area contributed by atoms with Crippen LogP contribution in [0.3, 0.4) is 0 Å². The second-order valence-electron chi connectivity index (χ2n) is 6.85. The molecule has 0 atom stereocenters. The number of nitrogen functional groups attached to an aromatic ring is 1. The van der Waals surface area contributed by atoms with Crippen LogP contribution < -0.4 is 10.7 Å². The van der Waals surface area contributed by atoms with E-state index in [-0.39, 0.29) is 11.3 Å². The fourth-order valence-electron chi connectivity index (χ4n) is 1.80. The molecule has 23 heavy (non-hydrogen) atoms. The highest BCUT2D eigenvalue weighted by molar-refractivity contribution is 7.99. The SMILES string of the molecule is CC(C)c1nc(Sc2nnc(C(C)(C)C)n2N)nc(N(C)C)n1. The van der Waals surface area contributed by atoms with Crippen molar-refractivity contribution in [1.82, 2.24) is 29.8 Å². The number of rotatable bonds is 4. The van der Waals surface area contributed by atoms with Crippen LogP contribution in [0.15, 0.2) is 10.3 Å².